The van der Waals surface area contributed by atoms with Gasteiger partial charge in [0.2, 0.25) is 5.91 Å². The minimum absolute atomic E-state index is 0.0371. The Hall–Kier alpha value is -1.98. The van der Waals surface area contributed by atoms with Crippen molar-refractivity contribution in [3.63, 3.8) is 0 Å². The summed E-state index contributed by atoms with van der Waals surface area (Å²) in [6.45, 7) is 4.13. The number of aliphatic hydroxyl groups is 1. The summed E-state index contributed by atoms with van der Waals surface area (Å²) < 4.78 is 0. The van der Waals surface area contributed by atoms with Crippen molar-refractivity contribution in [1.82, 2.24) is 15.2 Å². The third kappa shape index (κ3) is 3.33. The smallest absolute Gasteiger partial charge is 0.239 e. The van der Waals surface area contributed by atoms with Gasteiger partial charge in [0.25, 0.3) is 0 Å². The third-order valence-corrected chi connectivity index (χ3v) is 5.88. The molecule has 5 nitrogen and oxygen atoms in total. The fourth-order valence-corrected chi connectivity index (χ4v) is 4.19. The Morgan fingerprint density at radius 3 is 2.77 bits per heavy atom. The van der Waals surface area contributed by atoms with Gasteiger partial charge in [-0.3, -0.25) is 9.78 Å². The fraction of sp³-hybridized carbons (Fsp3) is 0.524. The molecule has 0 radical (unpaired) electrons. The molecular weight excluding hydrogens is 326 g/mol. The molecule has 1 amide bonds. The number of carbonyl (C=O) groups is 1. The first-order chi connectivity index (χ1) is 12.5. The Bertz CT molecular complexity index is 806. The van der Waals surface area contributed by atoms with Crippen molar-refractivity contribution in [1.29, 1.82) is 0 Å². The van der Waals surface area contributed by atoms with E-state index in [1.54, 1.807) is 0 Å². The molecule has 1 aromatic heterocycles. The first kappa shape index (κ1) is 17.4. The number of hydrogen-bond donors (Lipinski definition) is 2. The molecule has 2 aliphatic rings. The van der Waals surface area contributed by atoms with E-state index in [1.807, 2.05) is 36.1 Å². The van der Waals surface area contributed by atoms with Crippen LogP contribution >= 0.6 is 0 Å². The van der Waals surface area contributed by atoms with Crippen LogP contribution in [0.4, 0.5) is 0 Å². The van der Waals surface area contributed by atoms with Crippen LogP contribution in [0.15, 0.2) is 30.3 Å². The summed E-state index contributed by atoms with van der Waals surface area (Å²) in [5.74, 6) is 0.199. The molecule has 3 heterocycles. The van der Waals surface area contributed by atoms with Gasteiger partial charge in [0.1, 0.15) is 0 Å². The lowest BCUT2D eigenvalue weighted by molar-refractivity contribution is -0.138. The van der Waals surface area contributed by atoms with Gasteiger partial charge >= 0.3 is 0 Å². The molecule has 26 heavy (non-hydrogen) atoms. The zero-order valence-corrected chi connectivity index (χ0v) is 15.4. The Morgan fingerprint density at radius 2 is 2.04 bits per heavy atom. The number of nitrogens with zero attached hydrogens (tertiary/aromatic N) is 2. The minimum Gasteiger partial charge on any atom is -0.385 e. The summed E-state index contributed by atoms with van der Waals surface area (Å²) in [4.78, 5) is 19.1. The van der Waals surface area contributed by atoms with Crippen molar-refractivity contribution < 1.29 is 9.90 Å². The van der Waals surface area contributed by atoms with E-state index in [0.29, 0.717) is 25.9 Å². The molecular formula is C21H27N3O2. The number of piperidine rings is 2. The second-order valence-electron chi connectivity index (χ2n) is 7.72. The van der Waals surface area contributed by atoms with E-state index in [-0.39, 0.29) is 11.9 Å². The van der Waals surface area contributed by atoms with Gasteiger partial charge in [0.05, 0.1) is 17.2 Å². The number of aryl methyl sites for hydroxylation is 1. The van der Waals surface area contributed by atoms with Gasteiger partial charge in [-0.1, -0.05) is 18.6 Å². The van der Waals surface area contributed by atoms with E-state index in [0.717, 1.165) is 48.0 Å². The average Bonchev–Trinajstić information content (AvgIpc) is 2.68. The summed E-state index contributed by atoms with van der Waals surface area (Å²) in [5.41, 5.74) is 2.01. The number of fused-ring (bicyclic) bond motifs is 1. The van der Waals surface area contributed by atoms with Crippen molar-refractivity contribution in [2.45, 2.75) is 50.7 Å². The second kappa shape index (κ2) is 6.97. The quantitative estimate of drug-likeness (QED) is 0.871. The first-order valence-electron chi connectivity index (χ1n) is 9.68. The van der Waals surface area contributed by atoms with Gasteiger partial charge in [0.15, 0.2) is 0 Å². The molecule has 0 unspecified atom stereocenters. The summed E-state index contributed by atoms with van der Waals surface area (Å²) in [5, 5.41) is 15.6. The van der Waals surface area contributed by atoms with Gasteiger partial charge in [-0.25, -0.2) is 0 Å². The van der Waals surface area contributed by atoms with E-state index in [9.17, 15) is 9.90 Å². The highest BCUT2D eigenvalue weighted by Gasteiger charge is 2.37. The van der Waals surface area contributed by atoms with E-state index in [1.165, 1.54) is 0 Å². The minimum atomic E-state index is -0.865. The molecule has 0 saturated carbocycles. The Balaban J connectivity index is 1.47. The van der Waals surface area contributed by atoms with E-state index in [4.69, 9.17) is 0 Å². The number of likely N-dealkylation sites (tertiary alicyclic amines) is 1. The number of hydrogen-bond acceptors (Lipinski definition) is 4. The van der Waals surface area contributed by atoms with Gasteiger partial charge < -0.3 is 15.3 Å². The van der Waals surface area contributed by atoms with Crippen LogP contribution in [0, 0.1) is 6.92 Å². The molecule has 138 valence electrons. The molecule has 2 aliphatic heterocycles. The number of aromatic nitrogens is 1. The summed E-state index contributed by atoms with van der Waals surface area (Å²) in [7, 11) is 0. The van der Waals surface area contributed by atoms with E-state index >= 15 is 0 Å². The lowest BCUT2D eigenvalue weighted by Gasteiger charge is -2.40. The summed E-state index contributed by atoms with van der Waals surface area (Å²) >= 11 is 0. The van der Waals surface area contributed by atoms with E-state index < -0.39 is 5.60 Å². The summed E-state index contributed by atoms with van der Waals surface area (Å²) in [6.07, 6.45) is 4.36. The zero-order chi connectivity index (χ0) is 18.1. The topological polar surface area (TPSA) is 65.5 Å². The maximum atomic E-state index is 12.7. The SMILES string of the molecule is Cc1ccc2cc(C3(O)CCN(C(=O)[C@@H]4CCCCN4)CC3)ccc2n1. The fourth-order valence-electron chi connectivity index (χ4n) is 4.19. The molecule has 0 spiro atoms. The normalized spacial score (nSPS) is 23.2. The molecule has 2 aromatic rings. The number of benzene rings is 1. The number of carbonyl (C=O) groups excluding carboxylic acids is 1. The van der Waals surface area contributed by atoms with Gasteiger partial charge in [-0.05, 0) is 62.9 Å². The average molecular weight is 353 g/mol. The molecule has 2 saturated heterocycles. The van der Waals surface area contributed by atoms with Crippen molar-refractivity contribution in [2.24, 2.45) is 0 Å². The van der Waals surface area contributed by atoms with Crippen molar-refractivity contribution >= 4 is 16.8 Å². The monoisotopic (exact) mass is 353 g/mol. The predicted molar refractivity (Wildman–Crippen MR) is 102 cm³/mol. The maximum absolute atomic E-state index is 12.7. The molecule has 1 aromatic carbocycles. The Kier molecular flexibility index (Phi) is 4.67. The molecule has 1 atom stereocenters. The van der Waals surface area contributed by atoms with Crippen LogP contribution in [0.2, 0.25) is 0 Å². The van der Waals surface area contributed by atoms with E-state index in [2.05, 4.69) is 16.4 Å². The highest BCUT2D eigenvalue weighted by atomic mass is 16.3. The van der Waals surface area contributed by atoms with Crippen molar-refractivity contribution in [2.75, 3.05) is 19.6 Å². The Morgan fingerprint density at radius 1 is 1.23 bits per heavy atom. The first-order valence-corrected chi connectivity index (χ1v) is 9.68. The highest BCUT2D eigenvalue weighted by molar-refractivity contribution is 5.82. The third-order valence-electron chi connectivity index (χ3n) is 5.88. The number of rotatable bonds is 2. The van der Waals surface area contributed by atoms with Crippen LogP contribution in [0.1, 0.15) is 43.4 Å². The van der Waals surface area contributed by atoms with Gasteiger partial charge in [-0.2, -0.15) is 0 Å². The van der Waals surface area contributed by atoms with Crippen LogP contribution in [-0.4, -0.2) is 46.6 Å². The van der Waals surface area contributed by atoms with Crippen LogP contribution < -0.4 is 5.32 Å². The maximum Gasteiger partial charge on any atom is 0.239 e. The van der Waals surface area contributed by atoms with Crippen LogP contribution in [0.25, 0.3) is 10.9 Å². The molecule has 2 N–H and O–H groups in total. The largest absolute Gasteiger partial charge is 0.385 e. The summed E-state index contributed by atoms with van der Waals surface area (Å²) in [6, 6.07) is 10.0. The molecule has 5 heteroatoms. The number of amides is 1. The Labute approximate surface area is 154 Å². The zero-order valence-electron chi connectivity index (χ0n) is 15.4. The lowest BCUT2D eigenvalue weighted by atomic mass is 9.83. The van der Waals surface area contributed by atoms with Gasteiger partial charge in [-0.15, -0.1) is 0 Å². The predicted octanol–water partition coefficient (Wildman–Crippen LogP) is 2.50. The van der Waals surface area contributed by atoms with Crippen molar-refractivity contribution in [3.8, 4) is 0 Å². The van der Waals surface area contributed by atoms with Crippen LogP contribution in [0.3, 0.4) is 0 Å². The van der Waals surface area contributed by atoms with Crippen LogP contribution in [-0.2, 0) is 10.4 Å². The van der Waals surface area contributed by atoms with Crippen LogP contribution in [0.5, 0.6) is 0 Å². The molecule has 0 bridgehead atoms. The molecule has 0 aliphatic carbocycles. The number of nitrogens with one attached hydrogen (secondary N) is 1. The highest BCUT2D eigenvalue weighted by Crippen LogP contribution is 2.34. The number of pyridine rings is 1. The molecule has 4 rings (SSSR count). The molecule has 2 fully saturated rings. The van der Waals surface area contributed by atoms with Gasteiger partial charge in [0, 0.05) is 24.2 Å². The lowest BCUT2D eigenvalue weighted by Crippen LogP contribution is -2.52. The van der Waals surface area contributed by atoms with Crippen molar-refractivity contribution in [3.05, 3.63) is 41.6 Å². The second-order valence-corrected chi connectivity index (χ2v) is 7.72. The standard InChI is InChI=1S/C21H27N3O2/c1-15-5-6-16-14-17(7-8-18(16)23-15)21(26)9-12-24(13-10-21)20(25)19-4-2-3-11-22-19/h5-8,14,19,22,26H,2-4,9-13H2,1H3/t19-/m0/s1.